The van der Waals surface area contributed by atoms with Crippen molar-refractivity contribution in [3.8, 4) is 0 Å². The molecule has 0 spiro atoms. The SMILES string of the molecule is CCONC(=O)[C@@H]1C[C@@H]1C(=O)O. The fourth-order valence-corrected chi connectivity index (χ4v) is 0.977. The van der Waals surface area contributed by atoms with Gasteiger partial charge in [-0.15, -0.1) is 0 Å². The van der Waals surface area contributed by atoms with Gasteiger partial charge in [0.15, 0.2) is 0 Å². The summed E-state index contributed by atoms with van der Waals surface area (Å²) in [4.78, 5) is 25.9. The molecule has 0 aromatic rings. The standard InChI is InChI=1S/C7H11NO4/c1-2-12-8-6(9)4-3-5(4)7(10)11/h4-5H,2-3H2,1H3,(H,8,9)(H,10,11)/t4-,5+/m1/s1. The van der Waals surface area contributed by atoms with Gasteiger partial charge < -0.3 is 5.11 Å². The molecule has 2 N–H and O–H groups in total. The lowest BCUT2D eigenvalue weighted by Gasteiger charge is -2.00. The van der Waals surface area contributed by atoms with Gasteiger partial charge in [0.1, 0.15) is 0 Å². The van der Waals surface area contributed by atoms with E-state index in [0.717, 1.165) is 0 Å². The van der Waals surface area contributed by atoms with Gasteiger partial charge in [-0.1, -0.05) is 0 Å². The average molecular weight is 173 g/mol. The molecule has 1 rings (SSSR count). The molecular formula is C7H11NO4. The number of amides is 1. The molecule has 0 bridgehead atoms. The van der Waals surface area contributed by atoms with Crippen molar-refractivity contribution in [2.75, 3.05) is 6.61 Å². The predicted molar refractivity (Wildman–Crippen MR) is 39.0 cm³/mol. The van der Waals surface area contributed by atoms with Crippen LogP contribution in [0.5, 0.6) is 0 Å². The summed E-state index contributed by atoms with van der Waals surface area (Å²) in [7, 11) is 0. The van der Waals surface area contributed by atoms with Gasteiger partial charge in [-0.3, -0.25) is 14.4 Å². The third kappa shape index (κ3) is 1.94. The zero-order valence-electron chi connectivity index (χ0n) is 6.74. The van der Waals surface area contributed by atoms with Gasteiger partial charge in [0.2, 0.25) is 5.91 Å². The van der Waals surface area contributed by atoms with Gasteiger partial charge >= 0.3 is 5.97 Å². The van der Waals surface area contributed by atoms with E-state index in [2.05, 4.69) is 10.3 Å². The highest BCUT2D eigenvalue weighted by Gasteiger charge is 2.48. The molecule has 1 fully saturated rings. The summed E-state index contributed by atoms with van der Waals surface area (Å²) in [6.45, 7) is 2.12. The van der Waals surface area contributed by atoms with Crippen molar-refractivity contribution in [1.29, 1.82) is 0 Å². The van der Waals surface area contributed by atoms with Gasteiger partial charge in [-0.2, -0.15) is 0 Å². The number of hydrogen-bond donors (Lipinski definition) is 2. The molecule has 0 aromatic carbocycles. The Morgan fingerprint density at radius 2 is 2.25 bits per heavy atom. The average Bonchev–Trinajstić information content (AvgIpc) is 2.78. The molecule has 5 nitrogen and oxygen atoms in total. The first-order chi connectivity index (χ1) is 5.66. The van der Waals surface area contributed by atoms with Crippen LogP contribution in [0.4, 0.5) is 0 Å². The Labute approximate surface area is 69.7 Å². The quantitative estimate of drug-likeness (QED) is 0.576. The second-order valence-corrected chi connectivity index (χ2v) is 2.69. The monoisotopic (exact) mass is 173 g/mol. The minimum Gasteiger partial charge on any atom is -0.481 e. The Hall–Kier alpha value is -1.10. The minimum atomic E-state index is -0.911. The van der Waals surface area contributed by atoms with Gasteiger partial charge in [0, 0.05) is 0 Å². The van der Waals surface area contributed by atoms with E-state index in [9.17, 15) is 9.59 Å². The van der Waals surface area contributed by atoms with Gasteiger partial charge in [0.05, 0.1) is 18.4 Å². The molecule has 1 aliphatic carbocycles. The number of nitrogens with one attached hydrogen (secondary N) is 1. The van der Waals surface area contributed by atoms with Crippen LogP contribution in [-0.4, -0.2) is 23.6 Å². The van der Waals surface area contributed by atoms with Crippen molar-refractivity contribution < 1.29 is 19.5 Å². The van der Waals surface area contributed by atoms with Crippen LogP contribution in [0.2, 0.25) is 0 Å². The molecule has 1 amide bonds. The van der Waals surface area contributed by atoms with Crippen molar-refractivity contribution in [3.63, 3.8) is 0 Å². The van der Waals surface area contributed by atoms with Crippen molar-refractivity contribution in [3.05, 3.63) is 0 Å². The maximum Gasteiger partial charge on any atom is 0.307 e. The Morgan fingerprint density at radius 3 is 2.67 bits per heavy atom. The Kier molecular flexibility index (Phi) is 2.65. The molecule has 2 atom stereocenters. The summed E-state index contributed by atoms with van der Waals surface area (Å²) in [5.41, 5.74) is 2.18. The summed E-state index contributed by atoms with van der Waals surface area (Å²) in [5.74, 6) is -2.14. The van der Waals surface area contributed by atoms with Crippen LogP contribution in [0.1, 0.15) is 13.3 Å². The van der Waals surface area contributed by atoms with E-state index >= 15 is 0 Å². The number of hydroxylamine groups is 1. The van der Waals surface area contributed by atoms with E-state index in [0.29, 0.717) is 13.0 Å². The fraction of sp³-hybridized carbons (Fsp3) is 0.714. The lowest BCUT2D eigenvalue weighted by atomic mass is 10.3. The summed E-state index contributed by atoms with van der Waals surface area (Å²) in [6, 6.07) is 0. The summed E-state index contributed by atoms with van der Waals surface area (Å²) in [5, 5.41) is 8.48. The molecule has 0 radical (unpaired) electrons. The molecule has 0 heterocycles. The third-order valence-corrected chi connectivity index (χ3v) is 1.76. The highest BCUT2D eigenvalue weighted by atomic mass is 16.6. The highest BCUT2D eigenvalue weighted by Crippen LogP contribution is 2.38. The van der Waals surface area contributed by atoms with Crippen molar-refractivity contribution in [2.24, 2.45) is 11.8 Å². The number of carbonyl (C=O) groups is 2. The maximum absolute atomic E-state index is 11.0. The van der Waals surface area contributed by atoms with Gasteiger partial charge in [-0.25, -0.2) is 5.48 Å². The van der Waals surface area contributed by atoms with Crippen molar-refractivity contribution in [1.82, 2.24) is 5.48 Å². The molecule has 0 saturated heterocycles. The van der Waals surface area contributed by atoms with Crippen LogP contribution >= 0.6 is 0 Å². The van der Waals surface area contributed by atoms with Crippen LogP contribution < -0.4 is 5.48 Å². The number of hydrogen-bond acceptors (Lipinski definition) is 3. The zero-order chi connectivity index (χ0) is 9.14. The minimum absolute atomic E-state index is 0.329. The molecule has 1 saturated carbocycles. The predicted octanol–water partition coefficient (Wildman–Crippen LogP) is -0.225. The van der Waals surface area contributed by atoms with E-state index in [1.54, 1.807) is 6.92 Å². The van der Waals surface area contributed by atoms with Crippen molar-refractivity contribution >= 4 is 11.9 Å². The lowest BCUT2D eigenvalue weighted by molar-refractivity contribution is -0.142. The number of carboxylic acids is 1. The Balaban J connectivity index is 2.24. The fourth-order valence-electron chi connectivity index (χ4n) is 0.977. The summed E-state index contributed by atoms with van der Waals surface area (Å²) >= 11 is 0. The molecule has 12 heavy (non-hydrogen) atoms. The number of aliphatic carboxylic acids is 1. The summed E-state index contributed by atoms with van der Waals surface area (Å²) < 4.78 is 0. The van der Waals surface area contributed by atoms with Crippen LogP contribution in [0.3, 0.4) is 0 Å². The van der Waals surface area contributed by atoms with E-state index in [1.165, 1.54) is 0 Å². The van der Waals surface area contributed by atoms with Crippen molar-refractivity contribution in [2.45, 2.75) is 13.3 Å². The second-order valence-electron chi connectivity index (χ2n) is 2.69. The summed E-state index contributed by atoms with van der Waals surface area (Å²) in [6.07, 6.45) is 0.425. The van der Waals surface area contributed by atoms with E-state index in [4.69, 9.17) is 5.11 Å². The van der Waals surface area contributed by atoms with Crippen LogP contribution in [0.25, 0.3) is 0 Å². The number of carboxylic acid groups (broad SMARTS) is 1. The van der Waals surface area contributed by atoms with E-state index in [1.807, 2.05) is 0 Å². The first-order valence-corrected chi connectivity index (χ1v) is 3.81. The normalized spacial score (nSPS) is 26.4. The van der Waals surface area contributed by atoms with Crippen LogP contribution in [0, 0.1) is 11.8 Å². The maximum atomic E-state index is 11.0. The van der Waals surface area contributed by atoms with Crippen LogP contribution in [-0.2, 0) is 14.4 Å². The largest absolute Gasteiger partial charge is 0.481 e. The first kappa shape index (κ1) is 8.99. The molecule has 0 aromatic heterocycles. The molecule has 0 unspecified atom stereocenters. The Morgan fingerprint density at radius 1 is 1.58 bits per heavy atom. The third-order valence-electron chi connectivity index (χ3n) is 1.76. The smallest absolute Gasteiger partial charge is 0.307 e. The second kappa shape index (κ2) is 3.53. The van der Waals surface area contributed by atoms with Gasteiger partial charge in [-0.05, 0) is 13.3 Å². The molecular weight excluding hydrogens is 162 g/mol. The molecule has 1 aliphatic rings. The molecule has 5 heteroatoms. The zero-order valence-corrected chi connectivity index (χ0v) is 6.74. The van der Waals surface area contributed by atoms with Crippen LogP contribution in [0.15, 0.2) is 0 Å². The Bertz CT molecular complexity index is 204. The molecule has 68 valence electrons. The van der Waals surface area contributed by atoms with E-state index in [-0.39, 0.29) is 5.91 Å². The first-order valence-electron chi connectivity index (χ1n) is 3.81. The topological polar surface area (TPSA) is 75.6 Å². The molecule has 0 aliphatic heterocycles. The van der Waals surface area contributed by atoms with E-state index < -0.39 is 17.8 Å². The highest BCUT2D eigenvalue weighted by molar-refractivity contribution is 5.88. The van der Waals surface area contributed by atoms with Gasteiger partial charge in [0.25, 0.3) is 0 Å². The lowest BCUT2D eigenvalue weighted by Crippen LogP contribution is -2.26. The number of rotatable bonds is 4. The number of carbonyl (C=O) groups excluding carboxylic acids is 1.